The fourth-order valence-corrected chi connectivity index (χ4v) is 5.37. The van der Waals surface area contributed by atoms with E-state index in [1.54, 1.807) is 19.2 Å². The van der Waals surface area contributed by atoms with E-state index in [1.165, 1.54) is 16.3 Å². The van der Waals surface area contributed by atoms with Gasteiger partial charge in [0.1, 0.15) is 16.5 Å². The zero-order valence-corrected chi connectivity index (χ0v) is 20.7. The van der Waals surface area contributed by atoms with Crippen LogP contribution < -0.4 is 9.75 Å². The molecule has 0 saturated heterocycles. The maximum absolute atomic E-state index is 14.0. The first-order chi connectivity index (χ1) is 16.7. The zero-order valence-electron chi connectivity index (χ0n) is 19.1. The molecule has 3 heterocycles. The van der Waals surface area contributed by atoms with Gasteiger partial charge in [-0.1, -0.05) is 30.4 Å². The number of hydrogen-bond acceptors (Lipinski definition) is 6. The fraction of sp³-hybridized carbons (Fsp3) is 0.292. The van der Waals surface area contributed by atoms with Crippen LogP contribution in [0.5, 0.6) is 5.75 Å². The largest absolute Gasteiger partial charge is 0.497 e. The van der Waals surface area contributed by atoms with Gasteiger partial charge in [0.2, 0.25) is 5.82 Å². The van der Waals surface area contributed by atoms with Crippen LogP contribution in [0.3, 0.4) is 0 Å². The molecule has 182 valence electrons. The highest BCUT2D eigenvalue weighted by atomic mass is 35.5. The van der Waals surface area contributed by atoms with Crippen molar-refractivity contribution in [1.82, 2.24) is 14.8 Å². The summed E-state index contributed by atoms with van der Waals surface area (Å²) in [6, 6.07) is 7.27. The molecule has 1 unspecified atom stereocenters. The molecule has 1 aliphatic carbocycles. The lowest BCUT2D eigenvalue weighted by atomic mass is 9.96. The minimum absolute atomic E-state index is 0.00116. The number of allylic oxidation sites excluding steroid dienone is 4. The molecule has 0 radical (unpaired) electrons. The average molecular weight is 520 g/mol. The summed E-state index contributed by atoms with van der Waals surface area (Å²) in [4.78, 5) is 0.898. The molecule has 6 nitrogen and oxygen atoms in total. The molecule has 0 spiro atoms. The van der Waals surface area contributed by atoms with E-state index in [9.17, 15) is 13.2 Å². The molecule has 0 amide bonds. The van der Waals surface area contributed by atoms with Gasteiger partial charge in [-0.25, -0.2) is 9.58 Å². The number of rotatable bonds is 4. The molecule has 2 aromatic heterocycles. The van der Waals surface area contributed by atoms with Crippen molar-refractivity contribution in [3.8, 4) is 10.8 Å². The molecule has 1 aliphatic heterocycles. The molecule has 11 heteroatoms. The van der Waals surface area contributed by atoms with Crippen molar-refractivity contribution in [1.29, 1.82) is 0 Å². The van der Waals surface area contributed by atoms with Gasteiger partial charge in [-0.05, 0) is 49.1 Å². The molecule has 5 rings (SSSR count). The number of ether oxygens (including phenoxy) is 1. The summed E-state index contributed by atoms with van der Waals surface area (Å²) in [5.74, 6) is -0.404. The molecule has 0 fully saturated rings. The molecular formula is C24H21ClF3N5OS. The van der Waals surface area contributed by atoms with Gasteiger partial charge in [-0.15, -0.1) is 33.1 Å². The molecule has 35 heavy (non-hydrogen) atoms. The Labute approximate surface area is 209 Å². The number of fused-ring (bicyclic) bond motifs is 3. The second-order valence-corrected chi connectivity index (χ2v) is 10.0. The summed E-state index contributed by atoms with van der Waals surface area (Å²) in [7, 11) is 1.57. The molecule has 0 bridgehead atoms. The quantitative estimate of drug-likeness (QED) is 0.386. The minimum atomic E-state index is -4.69. The number of thiophene rings is 1. The van der Waals surface area contributed by atoms with Gasteiger partial charge in [0.15, 0.2) is 0 Å². The standard InChI is InChI=1S/C24H21ClF3N5OS/c1-13-14(2)35-21-19(13)20(16-6-8-17(25)9-7-16)31-32(12-15-4-10-18(34-3)11-5-15)23-30-29-22(33(21)23)24(26,27)28/h4-8,10-11,17H,9,12H2,1-3H3. The molecule has 1 aromatic carbocycles. The number of alkyl halides is 4. The third-order valence-corrected chi connectivity index (χ3v) is 7.49. The normalized spacial score (nSPS) is 17.5. The van der Waals surface area contributed by atoms with Crippen molar-refractivity contribution in [3.05, 3.63) is 75.5 Å². The van der Waals surface area contributed by atoms with E-state index in [1.807, 2.05) is 44.2 Å². The van der Waals surface area contributed by atoms with Crippen molar-refractivity contribution in [2.24, 2.45) is 5.10 Å². The predicted molar refractivity (Wildman–Crippen MR) is 131 cm³/mol. The number of methoxy groups -OCH3 is 1. The van der Waals surface area contributed by atoms with Crippen LogP contribution in [0, 0.1) is 13.8 Å². The Morgan fingerprint density at radius 3 is 2.54 bits per heavy atom. The van der Waals surface area contributed by atoms with Crippen LogP contribution in [0.25, 0.3) is 5.00 Å². The first-order valence-electron chi connectivity index (χ1n) is 10.8. The number of hydrogen-bond donors (Lipinski definition) is 0. The summed E-state index contributed by atoms with van der Waals surface area (Å²) in [6.45, 7) is 3.97. The van der Waals surface area contributed by atoms with Crippen LogP contribution >= 0.6 is 22.9 Å². The molecule has 0 saturated carbocycles. The summed E-state index contributed by atoms with van der Waals surface area (Å²) in [5.41, 5.74) is 3.71. The molecular weight excluding hydrogens is 499 g/mol. The third-order valence-electron chi connectivity index (χ3n) is 5.97. The lowest BCUT2D eigenvalue weighted by Gasteiger charge is -2.19. The highest BCUT2D eigenvalue weighted by Crippen LogP contribution is 2.42. The highest BCUT2D eigenvalue weighted by molar-refractivity contribution is 7.15. The van der Waals surface area contributed by atoms with Gasteiger partial charge < -0.3 is 4.74 Å². The fourth-order valence-electron chi connectivity index (χ4n) is 4.06. The summed E-state index contributed by atoms with van der Waals surface area (Å²) in [5, 5.41) is 14.1. The van der Waals surface area contributed by atoms with Gasteiger partial charge >= 0.3 is 6.18 Å². The first kappa shape index (κ1) is 23.6. The van der Waals surface area contributed by atoms with Crippen LogP contribution in [0.4, 0.5) is 19.1 Å². The zero-order chi connectivity index (χ0) is 24.9. The first-order valence-corrected chi connectivity index (χ1v) is 12.1. The Bertz CT molecular complexity index is 1370. The van der Waals surface area contributed by atoms with Crippen LogP contribution in [-0.2, 0) is 12.7 Å². The van der Waals surface area contributed by atoms with E-state index >= 15 is 0 Å². The Balaban J connectivity index is 1.73. The molecule has 1 atom stereocenters. The molecule has 2 aliphatic rings. The number of nitrogens with zero attached hydrogens (tertiary/aromatic N) is 5. The Morgan fingerprint density at radius 1 is 1.17 bits per heavy atom. The third kappa shape index (κ3) is 4.25. The van der Waals surface area contributed by atoms with E-state index in [0.29, 0.717) is 28.4 Å². The maximum Gasteiger partial charge on any atom is 0.452 e. The van der Waals surface area contributed by atoms with Gasteiger partial charge in [0.05, 0.1) is 19.0 Å². The monoisotopic (exact) mass is 519 g/mol. The Morgan fingerprint density at radius 2 is 1.91 bits per heavy atom. The van der Waals surface area contributed by atoms with Crippen LogP contribution in [0.15, 0.2) is 53.2 Å². The number of benzene rings is 1. The Hall–Kier alpha value is -3.11. The summed E-state index contributed by atoms with van der Waals surface area (Å²) >= 11 is 7.51. The minimum Gasteiger partial charge on any atom is -0.497 e. The number of halogens is 4. The van der Waals surface area contributed by atoms with E-state index in [2.05, 4.69) is 10.2 Å². The second kappa shape index (κ2) is 8.83. The van der Waals surface area contributed by atoms with Gasteiger partial charge in [-0.2, -0.15) is 18.3 Å². The number of aryl methyl sites for hydroxylation is 1. The van der Waals surface area contributed by atoms with Crippen molar-refractivity contribution >= 4 is 34.6 Å². The van der Waals surface area contributed by atoms with Gasteiger partial charge in [-0.3, -0.25) is 0 Å². The summed E-state index contributed by atoms with van der Waals surface area (Å²) in [6.07, 6.45) is 1.62. The van der Waals surface area contributed by atoms with Crippen molar-refractivity contribution in [3.63, 3.8) is 0 Å². The topological polar surface area (TPSA) is 55.5 Å². The van der Waals surface area contributed by atoms with Gasteiger partial charge in [0, 0.05) is 10.4 Å². The number of hydrazone groups is 1. The second-order valence-electron chi connectivity index (χ2n) is 8.24. The lowest BCUT2D eigenvalue weighted by molar-refractivity contribution is -0.146. The van der Waals surface area contributed by atoms with Crippen LogP contribution in [-0.4, -0.2) is 33.0 Å². The molecule has 3 aromatic rings. The maximum atomic E-state index is 14.0. The number of aromatic nitrogens is 3. The summed E-state index contributed by atoms with van der Waals surface area (Å²) < 4.78 is 48.5. The average Bonchev–Trinajstić information content (AvgIpc) is 3.36. The highest BCUT2D eigenvalue weighted by Gasteiger charge is 2.42. The van der Waals surface area contributed by atoms with E-state index in [-0.39, 0.29) is 17.9 Å². The predicted octanol–water partition coefficient (Wildman–Crippen LogP) is 6.19. The lowest BCUT2D eigenvalue weighted by Crippen LogP contribution is -2.21. The van der Waals surface area contributed by atoms with Crippen molar-refractivity contribution < 1.29 is 17.9 Å². The van der Waals surface area contributed by atoms with Crippen molar-refractivity contribution in [2.45, 2.75) is 38.4 Å². The number of anilines is 1. The van der Waals surface area contributed by atoms with E-state index < -0.39 is 12.0 Å². The van der Waals surface area contributed by atoms with Crippen LogP contribution in [0.2, 0.25) is 0 Å². The Kier molecular flexibility index (Phi) is 5.96. The van der Waals surface area contributed by atoms with Gasteiger partial charge in [0.25, 0.3) is 5.95 Å². The molecule has 0 N–H and O–H groups in total. The smallest absolute Gasteiger partial charge is 0.452 e. The SMILES string of the molecule is COc1ccc(CN2N=C(C3=CCC(Cl)C=C3)c3c(sc(C)c3C)-n3c2nnc3C(F)(F)F)cc1. The van der Waals surface area contributed by atoms with Crippen molar-refractivity contribution in [2.75, 3.05) is 12.1 Å². The van der Waals surface area contributed by atoms with E-state index in [4.69, 9.17) is 21.4 Å². The van der Waals surface area contributed by atoms with E-state index in [0.717, 1.165) is 26.1 Å². The van der Waals surface area contributed by atoms with Crippen LogP contribution in [0.1, 0.15) is 33.8 Å².